The van der Waals surface area contributed by atoms with Gasteiger partial charge in [0, 0.05) is 5.56 Å². The molecule has 1 unspecified atom stereocenters. The van der Waals surface area contributed by atoms with Gasteiger partial charge >= 0.3 is 0 Å². The highest BCUT2D eigenvalue weighted by Gasteiger charge is 2.19. The van der Waals surface area contributed by atoms with Crippen molar-refractivity contribution in [1.29, 1.82) is 0 Å². The largest absolute Gasteiger partial charge is 0.361 e. The Labute approximate surface area is 127 Å². The number of carbonyl (C=O) groups is 1. The molecule has 6 heteroatoms. The van der Waals surface area contributed by atoms with Crippen molar-refractivity contribution in [2.24, 2.45) is 5.73 Å². The van der Waals surface area contributed by atoms with Crippen molar-refractivity contribution in [3.8, 4) is 11.8 Å². The molecular formula is C15H17N3O2S. The molecule has 1 amide bonds. The SMILES string of the molecule is Cc1noc(C)c1C(C)NC(=O)c1ccc(C#CCN)s1. The molecule has 0 saturated heterocycles. The lowest BCUT2D eigenvalue weighted by atomic mass is 10.1. The van der Waals surface area contributed by atoms with E-state index in [0.717, 1.165) is 21.9 Å². The highest BCUT2D eigenvalue weighted by atomic mass is 32.1. The highest BCUT2D eigenvalue weighted by molar-refractivity contribution is 7.14. The molecule has 0 fully saturated rings. The second-order valence-electron chi connectivity index (χ2n) is 4.60. The van der Waals surface area contributed by atoms with Crippen LogP contribution in [0.25, 0.3) is 0 Å². The maximum Gasteiger partial charge on any atom is 0.261 e. The minimum Gasteiger partial charge on any atom is -0.361 e. The number of aromatic nitrogens is 1. The van der Waals surface area contributed by atoms with Gasteiger partial charge in [-0.05, 0) is 32.9 Å². The standard InChI is InChI=1S/C15H17N3O2S/c1-9(14-10(2)18-20-11(14)3)17-15(19)13-7-6-12(21-13)5-4-8-16/h6-7,9H,8,16H2,1-3H3,(H,17,19). The zero-order chi connectivity index (χ0) is 15.4. The normalized spacial score (nSPS) is 11.6. The van der Waals surface area contributed by atoms with Crippen LogP contribution in [-0.2, 0) is 0 Å². The van der Waals surface area contributed by atoms with E-state index < -0.39 is 0 Å². The van der Waals surface area contributed by atoms with Gasteiger partial charge in [0.15, 0.2) is 0 Å². The first-order valence-electron chi connectivity index (χ1n) is 6.55. The van der Waals surface area contributed by atoms with Crippen LogP contribution in [-0.4, -0.2) is 17.6 Å². The lowest BCUT2D eigenvalue weighted by Crippen LogP contribution is -2.26. The zero-order valence-corrected chi connectivity index (χ0v) is 13.0. The van der Waals surface area contributed by atoms with Crippen LogP contribution in [0, 0.1) is 25.7 Å². The smallest absolute Gasteiger partial charge is 0.261 e. The van der Waals surface area contributed by atoms with Crippen molar-refractivity contribution in [2.75, 3.05) is 6.54 Å². The van der Waals surface area contributed by atoms with E-state index in [9.17, 15) is 4.79 Å². The van der Waals surface area contributed by atoms with E-state index in [0.29, 0.717) is 11.4 Å². The summed E-state index contributed by atoms with van der Waals surface area (Å²) in [4.78, 5) is 13.7. The van der Waals surface area contributed by atoms with E-state index in [1.165, 1.54) is 11.3 Å². The molecule has 2 rings (SSSR count). The van der Waals surface area contributed by atoms with E-state index >= 15 is 0 Å². The molecule has 0 aliphatic carbocycles. The van der Waals surface area contributed by atoms with E-state index in [1.54, 1.807) is 6.07 Å². The first kappa shape index (κ1) is 15.3. The summed E-state index contributed by atoms with van der Waals surface area (Å²) in [7, 11) is 0. The molecule has 3 N–H and O–H groups in total. The first-order valence-corrected chi connectivity index (χ1v) is 7.37. The molecule has 2 heterocycles. The monoisotopic (exact) mass is 303 g/mol. The maximum absolute atomic E-state index is 12.2. The second kappa shape index (κ2) is 6.57. The summed E-state index contributed by atoms with van der Waals surface area (Å²) in [6.45, 7) is 5.92. The lowest BCUT2D eigenvalue weighted by Gasteiger charge is -2.12. The predicted octanol–water partition coefficient (Wildman–Crippen LogP) is 2.15. The zero-order valence-electron chi connectivity index (χ0n) is 12.2. The average molecular weight is 303 g/mol. The molecule has 110 valence electrons. The van der Waals surface area contributed by atoms with Crippen LogP contribution in [0.5, 0.6) is 0 Å². The van der Waals surface area contributed by atoms with Crippen LogP contribution in [0.15, 0.2) is 16.7 Å². The van der Waals surface area contributed by atoms with Gasteiger partial charge in [0.1, 0.15) is 5.76 Å². The maximum atomic E-state index is 12.2. The number of amides is 1. The Morgan fingerprint density at radius 1 is 1.52 bits per heavy atom. The summed E-state index contributed by atoms with van der Waals surface area (Å²) in [5.74, 6) is 6.28. The molecule has 0 aliphatic heterocycles. The Kier molecular flexibility index (Phi) is 4.78. The van der Waals surface area contributed by atoms with Crippen molar-refractivity contribution >= 4 is 17.2 Å². The van der Waals surface area contributed by atoms with Gasteiger partial charge in [0.25, 0.3) is 5.91 Å². The number of nitrogens with one attached hydrogen (secondary N) is 1. The second-order valence-corrected chi connectivity index (χ2v) is 5.69. The Morgan fingerprint density at radius 2 is 2.29 bits per heavy atom. The Bertz CT molecular complexity index is 687. The van der Waals surface area contributed by atoms with E-state index in [-0.39, 0.29) is 11.9 Å². The highest BCUT2D eigenvalue weighted by Crippen LogP contribution is 2.22. The number of carbonyl (C=O) groups excluding carboxylic acids is 1. The molecule has 0 saturated carbocycles. The molecule has 2 aromatic heterocycles. The molecular weight excluding hydrogens is 286 g/mol. The van der Waals surface area contributed by atoms with E-state index in [2.05, 4.69) is 22.3 Å². The van der Waals surface area contributed by atoms with Crippen molar-refractivity contribution in [3.05, 3.63) is 38.9 Å². The van der Waals surface area contributed by atoms with Crippen LogP contribution in [0.1, 0.15) is 44.5 Å². The van der Waals surface area contributed by atoms with Gasteiger partial charge in [0.05, 0.1) is 28.0 Å². The summed E-state index contributed by atoms with van der Waals surface area (Å²) in [5, 5.41) is 6.85. The topological polar surface area (TPSA) is 81.2 Å². The fourth-order valence-electron chi connectivity index (χ4n) is 2.11. The third-order valence-corrected chi connectivity index (χ3v) is 4.01. The summed E-state index contributed by atoms with van der Waals surface area (Å²) in [5.41, 5.74) is 7.04. The fraction of sp³-hybridized carbons (Fsp3) is 0.333. The van der Waals surface area contributed by atoms with Gasteiger partial charge in [0.2, 0.25) is 0 Å². The predicted molar refractivity (Wildman–Crippen MR) is 82.1 cm³/mol. The third-order valence-electron chi connectivity index (χ3n) is 3.01. The number of aryl methyl sites for hydroxylation is 2. The average Bonchev–Trinajstić information content (AvgIpc) is 3.03. The summed E-state index contributed by atoms with van der Waals surface area (Å²) < 4.78 is 5.12. The molecule has 0 bridgehead atoms. The molecule has 0 aromatic carbocycles. The number of thiophene rings is 1. The quantitative estimate of drug-likeness (QED) is 0.851. The minimum absolute atomic E-state index is 0.131. The summed E-state index contributed by atoms with van der Waals surface area (Å²) >= 11 is 1.35. The Morgan fingerprint density at radius 3 is 2.90 bits per heavy atom. The van der Waals surface area contributed by atoms with Crippen molar-refractivity contribution in [2.45, 2.75) is 26.8 Å². The Hall–Kier alpha value is -2.10. The van der Waals surface area contributed by atoms with Gasteiger partial charge in [-0.3, -0.25) is 4.79 Å². The van der Waals surface area contributed by atoms with Crippen molar-refractivity contribution in [3.63, 3.8) is 0 Å². The lowest BCUT2D eigenvalue weighted by molar-refractivity contribution is 0.0944. The Balaban J connectivity index is 2.09. The van der Waals surface area contributed by atoms with Gasteiger partial charge < -0.3 is 15.6 Å². The molecule has 5 nitrogen and oxygen atoms in total. The first-order chi connectivity index (χ1) is 10.0. The number of hydrogen-bond donors (Lipinski definition) is 2. The molecule has 1 atom stereocenters. The van der Waals surface area contributed by atoms with Gasteiger partial charge in [-0.1, -0.05) is 17.0 Å². The van der Waals surface area contributed by atoms with Crippen LogP contribution >= 0.6 is 11.3 Å². The van der Waals surface area contributed by atoms with Gasteiger partial charge in [-0.2, -0.15) is 0 Å². The molecule has 0 spiro atoms. The minimum atomic E-state index is -0.163. The van der Waals surface area contributed by atoms with Crippen LogP contribution in [0.3, 0.4) is 0 Å². The van der Waals surface area contributed by atoms with Gasteiger partial charge in [-0.15, -0.1) is 11.3 Å². The molecule has 0 aliphatic rings. The number of rotatable bonds is 3. The van der Waals surface area contributed by atoms with Crippen molar-refractivity contribution in [1.82, 2.24) is 10.5 Å². The number of hydrogen-bond acceptors (Lipinski definition) is 5. The summed E-state index contributed by atoms with van der Waals surface area (Å²) in [6, 6.07) is 3.42. The number of nitrogens with two attached hydrogens (primary N) is 1. The van der Waals surface area contributed by atoms with Crippen LogP contribution in [0.4, 0.5) is 0 Å². The van der Waals surface area contributed by atoms with Crippen LogP contribution in [0.2, 0.25) is 0 Å². The number of nitrogens with zero attached hydrogens (tertiary/aromatic N) is 1. The third kappa shape index (κ3) is 3.51. The molecule has 0 radical (unpaired) electrons. The fourth-order valence-corrected chi connectivity index (χ4v) is 2.90. The van der Waals surface area contributed by atoms with Crippen molar-refractivity contribution < 1.29 is 9.32 Å². The summed E-state index contributed by atoms with van der Waals surface area (Å²) in [6.07, 6.45) is 0. The van der Waals surface area contributed by atoms with Crippen LogP contribution < -0.4 is 11.1 Å². The molecule has 2 aromatic rings. The van der Waals surface area contributed by atoms with E-state index in [4.69, 9.17) is 10.3 Å². The van der Waals surface area contributed by atoms with E-state index in [1.807, 2.05) is 26.8 Å². The molecule has 21 heavy (non-hydrogen) atoms. The van der Waals surface area contributed by atoms with Gasteiger partial charge in [-0.25, -0.2) is 0 Å².